The molecule has 2 aliphatic rings. The van der Waals surface area contributed by atoms with Crippen molar-refractivity contribution < 1.29 is 0 Å². The maximum atomic E-state index is 5.57. The molecule has 0 unspecified atom stereocenters. The fourth-order valence-electron chi connectivity index (χ4n) is 4.06. The van der Waals surface area contributed by atoms with E-state index in [1.54, 1.807) is 0 Å². The number of hydrogen-bond donors (Lipinski definition) is 2. The van der Waals surface area contributed by atoms with Gasteiger partial charge in [0, 0.05) is 18.7 Å². The van der Waals surface area contributed by atoms with Gasteiger partial charge >= 0.3 is 0 Å². The van der Waals surface area contributed by atoms with Crippen LogP contribution in [0.5, 0.6) is 0 Å². The average Bonchev–Trinajstić information content (AvgIpc) is 2.51. The van der Waals surface area contributed by atoms with E-state index in [0.717, 1.165) is 36.1 Å². The van der Waals surface area contributed by atoms with E-state index < -0.39 is 0 Å². The van der Waals surface area contributed by atoms with Gasteiger partial charge in [0.1, 0.15) is 17.5 Å². The molecule has 0 radical (unpaired) electrons. The van der Waals surface area contributed by atoms with Crippen LogP contribution in [-0.2, 0) is 0 Å². The number of nitrogens with one attached hydrogen (secondary N) is 1. The molecule has 0 atom stereocenters. The van der Waals surface area contributed by atoms with Crippen molar-refractivity contribution in [3.05, 3.63) is 11.4 Å². The Morgan fingerprint density at radius 1 is 1.00 bits per heavy atom. The summed E-state index contributed by atoms with van der Waals surface area (Å²) in [4.78, 5) is 11.4. The SMILES string of the molecule is Cc1nc(NN)c(C)c(N2CCC3(CCCCC3)CC2)n1. The molecule has 2 heterocycles. The predicted octanol–water partition coefficient (Wildman–Crippen LogP) is 2.93. The topological polar surface area (TPSA) is 67.1 Å². The molecule has 3 rings (SSSR count). The lowest BCUT2D eigenvalue weighted by atomic mass is 9.68. The second kappa shape index (κ2) is 5.79. The van der Waals surface area contributed by atoms with E-state index in [4.69, 9.17) is 5.84 Å². The molecule has 1 aliphatic heterocycles. The first-order valence-corrected chi connectivity index (χ1v) is 8.20. The van der Waals surface area contributed by atoms with Crippen LogP contribution in [0.4, 0.5) is 11.6 Å². The van der Waals surface area contributed by atoms with Crippen molar-refractivity contribution >= 4 is 11.6 Å². The zero-order valence-corrected chi connectivity index (χ0v) is 13.3. The highest BCUT2D eigenvalue weighted by atomic mass is 15.3. The summed E-state index contributed by atoms with van der Waals surface area (Å²) < 4.78 is 0. The number of aromatic nitrogens is 2. The monoisotopic (exact) mass is 289 g/mol. The highest BCUT2D eigenvalue weighted by Crippen LogP contribution is 2.45. The summed E-state index contributed by atoms with van der Waals surface area (Å²) >= 11 is 0. The molecule has 5 heteroatoms. The number of hydrazine groups is 1. The van der Waals surface area contributed by atoms with Crippen molar-refractivity contribution in [2.75, 3.05) is 23.4 Å². The van der Waals surface area contributed by atoms with Crippen LogP contribution in [0, 0.1) is 19.3 Å². The first kappa shape index (κ1) is 14.6. The molecule has 2 fully saturated rings. The Balaban J connectivity index is 1.76. The van der Waals surface area contributed by atoms with Crippen LogP contribution in [-0.4, -0.2) is 23.1 Å². The van der Waals surface area contributed by atoms with Gasteiger partial charge < -0.3 is 10.3 Å². The van der Waals surface area contributed by atoms with Crippen molar-refractivity contribution in [1.82, 2.24) is 9.97 Å². The zero-order chi connectivity index (χ0) is 14.9. The number of aryl methyl sites for hydroxylation is 1. The molecule has 1 spiro atoms. The second-order valence-corrected chi connectivity index (χ2v) is 6.76. The van der Waals surface area contributed by atoms with Crippen LogP contribution in [0.15, 0.2) is 0 Å². The van der Waals surface area contributed by atoms with Crippen molar-refractivity contribution in [1.29, 1.82) is 0 Å². The lowest BCUT2D eigenvalue weighted by Crippen LogP contribution is -2.42. The van der Waals surface area contributed by atoms with Crippen LogP contribution in [0.25, 0.3) is 0 Å². The molecule has 1 saturated carbocycles. The lowest BCUT2D eigenvalue weighted by Gasteiger charge is -2.45. The number of piperidine rings is 1. The van der Waals surface area contributed by atoms with Gasteiger partial charge in [0.25, 0.3) is 0 Å². The quantitative estimate of drug-likeness (QED) is 0.647. The van der Waals surface area contributed by atoms with E-state index in [0.29, 0.717) is 5.41 Å². The van der Waals surface area contributed by atoms with Gasteiger partial charge in [-0.3, -0.25) is 0 Å². The van der Waals surface area contributed by atoms with Crippen LogP contribution >= 0.6 is 0 Å². The minimum atomic E-state index is 0.625. The predicted molar refractivity (Wildman–Crippen MR) is 86.3 cm³/mol. The lowest BCUT2D eigenvalue weighted by molar-refractivity contribution is 0.144. The molecular formula is C16H27N5. The average molecular weight is 289 g/mol. The number of nitrogens with zero attached hydrogens (tertiary/aromatic N) is 3. The van der Waals surface area contributed by atoms with Gasteiger partial charge in [0.15, 0.2) is 0 Å². The number of anilines is 2. The smallest absolute Gasteiger partial charge is 0.148 e. The molecule has 0 aromatic carbocycles. The minimum Gasteiger partial charge on any atom is -0.356 e. The molecule has 3 N–H and O–H groups in total. The summed E-state index contributed by atoms with van der Waals surface area (Å²) in [7, 11) is 0. The molecular weight excluding hydrogens is 262 g/mol. The Hall–Kier alpha value is -1.36. The molecule has 21 heavy (non-hydrogen) atoms. The van der Waals surface area contributed by atoms with Crippen molar-refractivity contribution in [3.63, 3.8) is 0 Å². The number of nitrogen functional groups attached to an aromatic ring is 1. The Morgan fingerprint density at radius 2 is 1.67 bits per heavy atom. The highest BCUT2D eigenvalue weighted by molar-refractivity contribution is 5.58. The summed E-state index contributed by atoms with van der Waals surface area (Å²) in [6, 6.07) is 0. The third kappa shape index (κ3) is 2.84. The van der Waals surface area contributed by atoms with Crippen LogP contribution in [0.3, 0.4) is 0 Å². The molecule has 5 nitrogen and oxygen atoms in total. The third-order valence-electron chi connectivity index (χ3n) is 5.41. The molecule has 1 saturated heterocycles. The first-order chi connectivity index (χ1) is 10.1. The molecule has 0 amide bonds. The maximum absolute atomic E-state index is 5.57. The Morgan fingerprint density at radius 3 is 2.29 bits per heavy atom. The molecule has 116 valence electrons. The van der Waals surface area contributed by atoms with E-state index in [1.165, 1.54) is 44.9 Å². The fourth-order valence-corrected chi connectivity index (χ4v) is 4.06. The van der Waals surface area contributed by atoms with Gasteiger partial charge in [-0.15, -0.1) is 0 Å². The van der Waals surface area contributed by atoms with E-state index in [-0.39, 0.29) is 0 Å². The number of rotatable bonds is 2. The molecule has 1 aromatic heterocycles. The van der Waals surface area contributed by atoms with Gasteiger partial charge in [-0.05, 0) is 44.9 Å². The van der Waals surface area contributed by atoms with Gasteiger partial charge in [-0.25, -0.2) is 15.8 Å². The Kier molecular flexibility index (Phi) is 4.02. The summed E-state index contributed by atoms with van der Waals surface area (Å²) in [5, 5.41) is 0. The second-order valence-electron chi connectivity index (χ2n) is 6.76. The first-order valence-electron chi connectivity index (χ1n) is 8.20. The van der Waals surface area contributed by atoms with Crippen molar-refractivity contribution in [3.8, 4) is 0 Å². The normalized spacial score (nSPS) is 21.6. The van der Waals surface area contributed by atoms with E-state index in [9.17, 15) is 0 Å². The minimum absolute atomic E-state index is 0.625. The van der Waals surface area contributed by atoms with Gasteiger partial charge in [-0.1, -0.05) is 19.3 Å². The molecule has 1 aliphatic carbocycles. The van der Waals surface area contributed by atoms with Crippen LogP contribution < -0.4 is 16.2 Å². The van der Waals surface area contributed by atoms with Crippen molar-refractivity contribution in [2.24, 2.45) is 11.3 Å². The number of hydrogen-bond acceptors (Lipinski definition) is 5. The summed E-state index contributed by atoms with van der Waals surface area (Å²) in [5.74, 6) is 8.15. The molecule has 0 bridgehead atoms. The largest absolute Gasteiger partial charge is 0.356 e. The van der Waals surface area contributed by atoms with E-state index in [1.807, 2.05) is 6.92 Å². The maximum Gasteiger partial charge on any atom is 0.148 e. The van der Waals surface area contributed by atoms with E-state index in [2.05, 4.69) is 27.2 Å². The van der Waals surface area contributed by atoms with E-state index >= 15 is 0 Å². The fraction of sp³-hybridized carbons (Fsp3) is 0.750. The third-order valence-corrected chi connectivity index (χ3v) is 5.41. The number of nitrogens with two attached hydrogens (primary N) is 1. The van der Waals surface area contributed by atoms with Crippen molar-refractivity contribution in [2.45, 2.75) is 58.8 Å². The van der Waals surface area contributed by atoms with Gasteiger partial charge in [0.05, 0.1) is 0 Å². The Bertz CT molecular complexity index is 498. The summed E-state index contributed by atoms with van der Waals surface area (Å²) in [6.07, 6.45) is 9.75. The summed E-state index contributed by atoms with van der Waals surface area (Å²) in [5.41, 5.74) is 4.38. The van der Waals surface area contributed by atoms with Crippen LogP contribution in [0.2, 0.25) is 0 Å². The van der Waals surface area contributed by atoms with Gasteiger partial charge in [-0.2, -0.15) is 0 Å². The highest BCUT2D eigenvalue weighted by Gasteiger charge is 2.36. The standard InChI is InChI=1S/C16H27N5/c1-12-14(20-17)18-13(2)19-15(12)21-10-8-16(9-11-21)6-4-3-5-7-16/h3-11,17H2,1-2H3,(H,18,19,20). The Labute approximate surface area is 127 Å². The van der Waals surface area contributed by atoms with Gasteiger partial charge in [0.2, 0.25) is 0 Å². The van der Waals surface area contributed by atoms with Crippen LogP contribution in [0.1, 0.15) is 56.3 Å². The summed E-state index contributed by atoms with van der Waals surface area (Å²) in [6.45, 7) is 6.20. The molecule has 1 aromatic rings. The zero-order valence-electron chi connectivity index (χ0n) is 13.3.